The molecule has 31 heavy (non-hydrogen) atoms. The lowest BCUT2D eigenvalue weighted by atomic mass is 10.1. The van der Waals surface area contributed by atoms with E-state index in [1.165, 1.54) is 12.1 Å². The van der Waals surface area contributed by atoms with Gasteiger partial charge in [0, 0.05) is 18.2 Å². The molecule has 0 saturated carbocycles. The highest BCUT2D eigenvalue weighted by atomic mass is 32.2. The molecule has 1 atom stereocenters. The lowest BCUT2D eigenvalue weighted by molar-refractivity contribution is 0.0938. The Morgan fingerprint density at radius 1 is 1.16 bits per heavy atom. The Balaban J connectivity index is 1.98. The van der Waals surface area contributed by atoms with Gasteiger partial charge in [-0.2, -0.15) is 0 Å². The second-order valence-electron chi connectivity index (χ2n) is 7.51. The summed E-state index contributed by atoms with van der Waals surface area (Å²) in [5.74, 6) is -0.579. The number of halogens is 1. The Labute approximate surface area is 183 Å². The standard InChI is InChI=1S/C23H29FN2O4S/c1-5-14-25-31(28,29)22-15-19(10-13-21(22)24)23(27)26-17(4)6-7-18-8-11-20(12-9-18)30-16(2)3/h5,8-13,15-17,25H,1,6-7,14H2,2-4H3,(H,26,27). The number of ether oxygens (including phenoxy) is 1. The van der Waals surface area contributed by atoms with Crippen LogP contribution in [0.15, 0.2) is 60.0 Å². The average Bonchev–Trinajstić information content (AvgIpc) is 2.71. The van der Waals surface area contributed by atoms with Crippen molar-refractivity contribution in [2.24, 2.45) is 0 Å². The summed E-state index contributed by atoms with van der Waals surface area (Å²) < 4.78 is 46.3. The number of aryl methyl sites for hydroxylation is 1. The molecule has 0 spiro atoms. The maximum atomic E-state index is 14.0. The highest BCUT2D eigenvalue weighted by Gasteiger charge is 2.21. The lowest BCUT2D eigenvalue weighted by Crippen LogP contribution is -2.33. The molecule has 168 valence electrons. The van der Waals surface area contributed by atoms with Crippen LogP contribution in [0.4, 0.5) is 4.39 Å². The van der Waals surface area contributed by atoms with Crippen LogP contribution in [0.25, 0.3) is 0 Å². The Hall–Kier alpha value is -2.71. The molecule has 0 radical (unpaired) electrons. The van der Waals surface area contributed by atoms with Gasteiger partial charge in [-0.05, 0) is 69.5 Å². The molecule has 6 nitrogen and oxygen atoms in total. The highest BCUT2D eigenvalue weighted by molar-refractivity contribution is 7.89. The van der Waals surface area contributed by atoms with Gasteiger partial charge in [-0.3, -0.25) is 4.79 Å². The van der Waals surface area contributed by atoms with Gasteiger partial charge in [-0.15, -0.1) is 6.58 Å². The average molecular weight is 449 g/mol. The summed E-state index contributed by atoms with van der Waals surface area (Å²) in [6.45, 7) is 9.18. The molecule has 0 aliphatic carbocycles. The van der Waals surface area contributed by atoms with Gasteiger partial charge in [-0.25, -0.2) is 17.5 Å². The molecule has 0 bridgehead atoms. The zero-order valence-electron chi connectivity index (χ0n) is 18.0. The highest BCUT2D eigenvalue weighted by Crippen LogP contribution is 2.18. The molecule has 0 saturated heterocycles. The van der Waals surface area contributed by atoms with Crippen molar-refractivity contribution in [1.29, 1.82) is 0 Å². The van der Waals surface area contributed by atoms with E-state index < -0.39 is 26.6 Å². The van der Waals surface area contributed by atoms with Gasteiger partial charge in [0.25, 0.3) is 5.91 Å². The largest absolute Gasteiger partial charge is 0.491 e. The second-order valence-corrected chi connectivity index (χ2v) is 9.24. The number of amides is 1. The Morgan fingerprint density at radius 2 is 1.84 bits per heavy atom. The molecule has 8 heteroatoms. The summed E-state index contributed by atoms with van der Waals surface area (Å²) >= 11 is 0. The quantitative estimate of drug-likeness (QED) is 0.512. The van der Waals surface area contributed by atoms with Gasteiger partial charge in [0.2, 0.25) is 10.0 Å². The molecule has 1 amide bonds. The van der Waals surface area contributed by atoms with Crippen LogP contribution in [0.2, 0.25) is 0 Å². The first kappa shape index (κ1) is 24.6. The number of carbonyl (C=O) groups excluding carboxylic acids is 1. The molecule has 1 unspecified atom stereocenters. The van der Waals surface area contributed by atoms with Gasteiger partial charge >= 0.3 is 0 Å². The number of rotatable bonds is 11. The van der Waals surface area contributed by atoms with E-state index in [0.717, 1.165) is 29.9 Å². The van der Waals surface area contributed by atoms with E-state index in [4.69, 9.17) is 4.74 Å². The predicted molar refractivity (Wildman–Crippen MR) is 119 cm³/mol. The number of benzene rings is 2. The molecule has 0 aliphatic heterocycles. The van der Waals surface area contributed by atoms with E-state index in [1.54, 1.807) is 0 Å². The first-order valence-electron chi connectivity index (χ1n) is 10.1. The van der Waals surface area contributed by atoms with Crippen LogP contribution in [0.3, 0.4) is 0 Å². The van der Waals surface area contributed by atoms with Crippen LogP contribution < -0.4 is 14.8 Å². The van der Waals surface area contributed by atoms with Crippen molar-refractivity contribution in [2.75, 3.05) is 6.54 Å². The summed E-state index contributed by atoms with van der Waals surface area (Å²) in [6.07, 6.45) is 2.89. The maximum Gasteiger partial charge on any atom is 0.251 e. The van der Waals surface area contributed by atoms with Crippen molar-refractivity contribution in [3.05, 3.63) is 72.1 Å². The predicted octanol–water partition coefficient (Wildman–Crippen LogP) is 3.83. The smallest absolute Gasteiger partial charge is 0.251 e. The summed E-state index contributed by atoms with van der Waals surface area (Å²) in [5.41, 5.74) is 1.18. The van der Waals surface area contributed by atoms with Gasteiger partial charge in [0.15, 0.2) is 0 Å². The van der Waals surface area contributed by atoms with Crippen LogP contribution >= 0.6 is 0 Å². The second kappa shape index (κ2) is 11.1. The van der Waals surface area contributed by atoms with E-state index in [-0.39, 0.29) is 24.3 Å². The van der Waals surface area contributed by atoms with Crippen LogP contribution in [-0.4, -0.2) is 33.0 Å². The van der Waals surface area contributed by atoms with E-state index in [0.29, 0.717) is 6.42 Å². The lowest BCUT2D eigenvalue weighted by Gasteiger charge is -2.15. The fourth-order valence-corrected chi connectivity index (χ4v) is 3.97. The molecule has 2 N–H and O–H groups in total. The maximum absolute atomic E-state index is 14.0. The third kappa shape index (κ3) is 7.48. The number of hydrogen-bond acceptors (Lipinski definition) is 4. The van der Waals surface area contributed by atoms with Crippen LogP contribution in [0.5, 0.6) is 5.75 Å². The Kier molecular flexibility index (Phi) is 8.76. The van der Waals surface area contributed by atoms with Crippen molar-refractivity contribution in [1.82, 2.24) is 10.0 Å². The van der Waals surface area contributed by atoms with Crippen LogP contribution in [0, 0.1) is 5.82 Å². The summed E-state index contributed by atoms with van der Waals surface area (Å²) in [4.78, 5) is 12.0. The minimum absolute atomic E-state index is 0.0419. The fraction of sp³-hybridized carbons (Fsp3) is 0.348. The molecule has 2 aromatic rings. The molecule has 0 aromatic heterocycles. The molecular weight excluding hydrogens is 419 g/mol. The van der Waals surface area contributed by atoms with Crippen molar-refractivity contribution >= 4 is 15.9 Å². The number of nitrogens with one attached hydrogen (secondary N) is 2. The van der Waals surface area contributed by atoms with E-state index >= 15 is 0 Å². The number of carbonyl (C=O) groups is 1. The van der Waals surface area contributed by atoms with E-state index in [1.807, 2.05) is 45.0 Å². The van der Waals surface area contributed by atoms with Crippen LogP contribution in [-0.2, 0) is 16.4 Å². The van der Waals surface area contributed by atoms with E-state index in [9.17, 15) is 17.6 Å². The van der Waals surface area contributed by atoms with Crippen molar-refractivity contribution in [2.45, 2.75) is 50.7 Å². The fourth-order valence-electron chi connectivity index (χ4n) is 2.87. The first-order chi connectivity index (χ1) is 14.6. The minimum atomic E-state index is -4.08. The minimum Gasteiger partial charge on any atom is -0.491 e. The zero-order chi connectivity index (χ0) is 23.0. The van der Waals surface area contributed by atoms with Crippen LogP contribution in [0.1, 0.15) is 43.1 Å². The molecular formula is C23H29FN2O4S. The third-order valence-electron chi connectivity index (χ3n) is 4.44. The van der Waals surface area contributed by atoms with E-state index in [2.05, 4.69) is 16.6 Å². The van der Waals surface area contributed by atoms with Gasteiger partial charge < -0.3 is 10.1 Å². The number of hydrogen-bond donors (Lipinski definition) is 2. The van der Waals surface area contributed by atoms with Gasteiger partial charge in [-0.1, -0.05) is 18.2 Å². The first-order valence-corrected chi connectivity index (χ1v) is 11.6. The monoisotopic (exact) mass is 448 g/mol. The molecule has 0 aliphatic rings. The van der Waals surface area contributed by atoms with Crippen molar-refractivity contribution in [3.8, 4) is 5.75 Å². The summed E-state index contributed by atoms with van der Waals surface area (Å²) in [7, 11) is -4.08. The van der Waals surface area contributed by atoms with Gasteiger partial charge in [0.1, 0.15) is 16.5 Å². The molecule has 2 rings (SSSR count). The molecule has 0 fully saturated rings. The third-order valence-corrected chi connectivity index (χ3v) is 5.88. The number of sulfonamides is 1. The Bertz CT molecular complexity index is 1000. The van der Waals surface area contributed by atoms with Crippen molar-refractivity contribution in [3.63, 3.8) is 0 Å². The summed E-state index contributed by atoms with van der Waals surface area (Å²) in [5, 5.41) is 2.83. The SMILES string of the molecule is C=CCNS(=O)(=O)c1cc(C(=O)NC(C)CCc2ccc(OC(C)C)cc2)ccc1F. The molecule has 2 aromatic carbocycles. The zero-order valence-corrected chi connectivity index (χ0v) is 18.8. The Morgan fingerprint density at radius 3 is 2.45 bits per heavy atom. The summed E-state index contributed by atoms with van der Waals surface area (Å²) in [6, 6.07) is 10.9. The normalized spacial score (nSPS) is 12.4. The molecule has 0 heterocycles. The van der Waals surface area contributed by atoms with Crippen molar-refractivity contribution < 1.29 is 22.3 Å². The topological polar surface area (TPSA) is 84.5 Å². The van der Waals surface area contributed by atoms with Gasteiger partial charge in [0.05, 0.1) is 6.10 Å².